The van der Waals surface area contributed by atoms with Crippen molar-refractivity contribution in [3.63, 3.8) is 0 Å². The highest BCUT2D eigenvalue weighted by Crippen LogP contribution is 2.38. The zero-order chi connectivity index (χ0) is 15.7. The second kappa shape index (κ2) is 6.33. The zero-order valence-corrected chi connectivity index (χ0v) is 14.7. The van der Waals surface area contributed by atoms with Crippen LogP contribution in [-0.2, 0) is 0 Å². The van der Waals surface area contributed by atoms with Gasteiger partial charge in [-0.05, 0) is 70.4 Å². The molecule has 0 unspecified atom stereocenters. The van der Waals surface area contributed by atoms with E-state index in [-0.39, 0.29) is 0 Å². The predicted molar refractivity (Wildman–Crippen MR) is 94.4 cm³/mol. The summed E-state index contributed by atoms with van der Waals surface area (Å²) in [5, 5.41) is 3.92. The Labute approximate surface area is 136 Å². The van der Waals surface area contributed by atoms with Crippen LogP contribution in [0.3, 0.4) is 0 Å². The zero-order valence-electron chi connectivity index (χ0n) is 14.7. The van der Waals surface area contributed by atoms with E-state index >= 15 is 0 Å². The molecule has 0 radical (unpaired) electrons. The maximum Gasteiger partial charge on any atom is 0.0125 e. The first kappa shape index (κ1) is 16.0. The van der Waals surface area contributed by atoms with Gasteiger partial charge in [-0.1, -0.05) is 24.3 Å². The molecule has 0 atom stereocenters. The van der Waals surface area contributed by atoms with E-state index in [0.29, 0.717) is 5.54 Å². The van der Waals surface area contributed by atoms with Crippen LogP contribution in [0.15, 0.2) is 24.3 Å². The van der Waals surface area contributed by atoms with Crippen LogP contribution in [0.25, 0.3) is 0 Å². The van der Waals surface area contributed by atoms with Crippen LogP contribution in [0.2, 0.25) is 0 Å². The quantitative estimate of drug-likeness (QED) is 0.904. The molecule has 0 bridgehead atoms. The van der Waals surface area contributed by atoms with Crippen LogP contribution >= 0.6 is 0 Å². The minimum atomic E-state index is 0.331. The van der Waals surface area contributed by atoms with Gasteiger partial charge in [-0.3, -0.25) is 4.90 Å². The van der Waals surface area contributed by atoms with Gasteiger partial charge in [0.25, 0.3) is 0 Å². The van der Waals surface area contributed by atoms with E-state index < -0.39 is 0 Å². The second-order valence-corrected chi connectivity index (χ2v) is 8.32. The van der Waals surface area contributed by atoms with Gasteiger partial charge in [-0.2, -0.15) is 0 Å². The van der Waals surface area contributed by atoms with E-state index in [0.717, 1.165) is 18.0 Å². The van der Waals surface area contributed by atoms with E-state index in [2.05, 4.69) is 62.2 Å². The number of nitrogens with zero attached hydrogens (tertiary/aromatic N) is 1. The van der Waals surface area contributed by atoms with E-state index in [1.807, 2.05) is 0 Å². The molecule has 1 aromatic carbocycles. The highest BCUT2D eigenvalue weighted by molar-refractivity contribution is 5.31. The Morgan fingerprint density at radius 1 is 1.00 bits per heavy atom. The van der Waals surface area contributed by atoms with Gasteiger partial charge < -0.3 is 5.32 Å². The third-order valence-corrected chi connectivity index (χ3v) is 5.68. The molecule has 122 valence electrons. The van der Waals surface area contributed by atoms with E-state index in [4.69, 9.17) is 0 Å². The van der Waals surface area contributed by atoms with Gasteiger partial charge in [0.1, 0.15) is 0 Å². The van der Waals surface area contributed by atoms with Crippen molar-refractivity contribution in [2.24, 2.45) is 0 Å². The largest absolute Gasteiger partial charge is 0.311 e. The summed E-state index contributed by atoms with van der Waals surface area (Å²) in [6.45, 7) is 11.7. The number of hydrogen-bond donors (Lipinski definition) is 1. The molecule has 2 heteroatoms. The Morgan fingerprint density at radius 2 is 1.64 bits per heavy atom. The van der Waals surface area contributed by atoms with Crippen molar-refractivity contribution < 1.29 is 0 Å². The summed E-state index contributed by atoms with van der Waals surface area (Å²) in [7, 11) is 0. The molecule has 1 aliphatic heterocycles. The third kappa shape index (κ3) is 3.55. The van der Waals surface area contributed by atoms with E-state index in [9.17, 15) is 0 Å². The van der Waals surface area contributed by atoms with Gasteiger partial charge in [0, 0.05) is 30.7 Å². The number of nitrogens with one attached hydrogen (secondary N) is 1. The molecule has 1 aromatic rings. The Morgan fingerprint density at radius 3 is 2.23 bits per heavy atom. The first-order valence-corrected chi connectivity index (χ1v) is 9.00. The summed E-state index contributed by atoms with van der Waals surface area (Å²) >= 11 is 0. The van der Waals surface area contributed by atoms with Crippen LogP contribution < -0.4 is 5.32 Å². The molecule has 3 rings (SSSR count). The van der Waals surface area contributed by atoms with Crippen LogP contribution in [0.4, 0.5) is 0 Å². The lowest BCUT2D eigenvalue weighted by Crippen LogP contribution is -2.53. The topological polar surface area (TPSA) is 15.3 Å². The fraction of sp³-hybridized carbons (Fsp3) is 0.700. The molecule has 1 N–H and O–H groups in total. The molecular weight excluding hydrogens is 268 g/mol. The Balaban J connectivity index is 1.43. The molecule has 1 heterocycles. The van der Waals surface area contributed by atoms with Gasteiger partial charge in [0.15, 0.2) is 0 Å². The highest BCUT2D eigenvalue weighted by atomic mass is 15.2. The average molecular weight is 300 g/mol. The Hall–Kier alpha value is -0.860. The minimum absolute atomic E-state index is 0.331. The second-order valence-electron chi connectivity index (χ2n) is 8.32. The van der Waals surface area contributed by atoms with E-state index in [1.54, 1.807) is 5.56 Å². The number of benzene rings is 1. The monoisotopic (exact) mass is 300 g/mol. The van der Waals surface area contributed by atoms with Crippen molar-refractivity contribution in [2.45, 2.75) is 76.9 Å². The highest BCUT2D eigenvalue weighted by Gasteiger charge is 2.34. The summed E-state index contributed by atoms with van der Waals surface area (Å²) in [5.74, 6) is 0.786. The molecule has 2 nitrogen and oxygen atoms in total. The lowest BCUT2D eigenvalue weighted by Gasteiger charge is -2.44. The van der Waals surface area contributed by atoms with Gasteiger partial charge in [-0.15, -0.1) is 0 Å². The number of piperidine rings is 1. The lowest BCUT2D eigenvalue weighted by atomic mass is 9.74. The molecule has 1 saturated carbocycles. The molecule has 1 saturated heterocycles. The van der Waals surface area contributed by atoms with Crippen molar-refractivity contribution in [3.05, 3.63) is 35.4 Å². The number of rotatable bonds is 3. The fourth-order valence-electron chi connectivity index (χ4n) is 4.10. The molecule has 2 aliphatic rings. The summed E-state index contributed by atoms with van der Waals surface area (Å²) < 4.78 is 0. The van der Waals surface area contributed by atoms with Gasteiger partial charge >= 0.3 is 0 Å². The molecule has 0 amide bonds. The van der Waals surface area contributed by atoms with Gasteiger partial charge in [-0.25, -0.2) is 0 Å². The Kier molecular flexibility index (Phi) is 4.61. The first-order valence-electron chi connectivity index (χ1n) is 9.00. The summed E-state index contributed by atoms with van der Waals surface area (Å²) in [6.07, 6.45) is 5.26. The molecule has 0 spiro atoms. The molecule has 22 heavy (non-hydrogen) atoms. The van der Waals surface area contributed by atoms with Crippen molar-refractivity contribution >= 4 is 0 Å². The number of likely N-dealkylation sites (tertiary alicyclic amines) is 1. The molecule has 2 fully saturated rings. The fourth-order valence-corrected chi connectivity index (χ4v) is 4.10. The van der Waals surface area contributed by atoms with E-state index in [1.165, 1.54) is 44.3 Å². The van der Waals surface area contributed by atoms with Crippen molar-refractivity contribution in [2.75, 3.05) is 13.1 Å². The number of hydrogen-bond acceptors (Lipinski definition) is 2. The summed E-state index contributed by atoms with van der Waals surface area (Å²) in [6, 6.07) is 10.4. The first-order chi connectivity index (χ1) is 10.4. The SMILES string of the molecule is Cc1ccccc1C1CC(NC2CCN(C(C)(C)C)CC2)C1. The lowest BCUT2D eigenvalue weighted by molar-refractivity contribution is 0.0890. The van der Waals surface area contributed by atoms with Crippen molar-refractivity contribution in [1.82, 2.24) is 10.2 Å². The normalized spacial score (nSPS) is 27.6. The standard InChI is InChI=1S/C20H32N2/c1-15-7-5-6-8-19(15)16-13-18(14-16)21-17-9-11-22(12-10-17)20(2,3)4/h5-8,16-18,21H,9-14H2,1-4H3. The maximum absolute atomic E-state index is 3.92. The van der Waals surface area contributed by atoms with Crippen LogP contribution in [0.5, 0.6) is 0 Å². The third-order valence-electron chi connectivity index (χ3n) is 5.68. The minimum Gasteiger partial charge on any atom is -0.311 e. The summed E-state index contributed by atoms with van der Waals surface area (Å²) in [5.41, 5.74) is 3.37. The molecular formula is C20H32N2. The summed E-state index contributed by atoms with van der Waals surface area (Å²) in [4.78, 5) is 2.63. The molecule has 0 aromatic heterocycles. The van der Waals surface area contributed by atoms with Crippen molar-refractivity contribution in [3.8, 4) is 0 Å². The van der Waals surface area contributed by atoms with Gasteiger partial charge in [0.2, 0.25) is 0 Å². The number of aryl methyl sites for hydroxylation is 1. The van der Waals surface area contributed by atoms with Crippen LogP contribution in [0.1, 0.15) is 63.5 Å². The van der Waals surface area contributed by atoms with Gasteiger partial charge in [0.05, 0.1) is 0 Å². The Bertz CT molecular complexity index is 489. The predicted octanol–water partition coefficient (Wildman–Crippen LogP) is 4.09. The molecule has 1 aliphatic carbocycles. The van der Waals surface area contributed by atoms with Crippen LogP contribution in [0, 0.1) is 6.92 Å². The average Bonchev–Trinajstić information content (AvgIpc) is 2.43. The van der Waals surface area contributed by atoms with Crippen molar-refractivity contribution in [1.29, 1.82) is 0 Å². The smallest absolute Gasteiger partial charge is 0.0125 e. The van der Waals surface area contributed by atoms with Crippen LogP contribution in [-0.4, -0.2) is 35.6 Å². The maximum atomic E-state index is 3.92.